The van der Waals surface area contributed by atoms with Gasteiger partial charge in [-0.1, -0.05) is 0 Å². The third kappa shape index (κ3) is 7.10. The van der Waals surface area contributed by atoms with E-state index in [9.17, 15) is 9.59 Å². The van der Waals surface area contributed by atoms with E-state index in [0.29, 0.717) is 23.0 Å². The van der Waals surface area contributed by atoms with Gasteiger partial charge in [-0.25, -0.2) is 0 Å². The highest BCUT2D eigenvalue weighted by Crippen LogP contribution is 2.16. The van der Waals surface area contributed by atoms with Crippen LogP contribution in [0.2, 0.25) is 0 Å². The molecule has 0 radical (unpaired) electrons. The second-order valence-electron chi connectivity index (χ2n) is 8.49. The zero-order chi connectivity index (χ0) is 19.9. The van der Waals surface area contributed by atoms with Gasteiger partial charge in [-0.15, -0.1) is 0 Å². The van der Waals surface area contributed by atoms with Crippen molar-refractivity contribution in [1.82, 2.24) is 20.4 Å². The lowest BCUT2D eigenvalue weighted by molar-refractivity contribution is 0.0927. The SMILES string of the molecule is CN1CCC(CNC(=O)c2ccc(C(=O)NCC3CCN(C)CC3)cc2)CC1.O. The number of hydrogen-bond donors (Lipinski definition) is 2. The lowest BCUT2D eigenvalue weighted by Gasteiger charge is -2.29. The van der Waals surface area contributed by atoms with Gasteiger partial charge >= 0.3 is 0 Å². The van der Waals surface area contributed by atoms with Crippen LogP contribution in [0.5, 0.6) is 0 Å². The van der Waals surface area contributed by atoms with E-state index in [1.54, 1.807) is 24.3 Å². The quantitative estimate of drug-likeness (QED) is 0.739. The highest BCUT2D eigenvalue weighted by molar-refractivity contribution is 5.97. The smallest absolute Gasteiger partial charge is 0.251 e. The number of amides is 2. The van der Waals surface area contributed by atoms with Crippen LogP contribution in [-0.4, -0.2) is 80.5 Å². The Balaban J connectivity index is 0.00000300. The Labute approximate surface area is 174 Å². The summed E-state index contributed by atoms with van der Waals surface area (Å²) in [4.78, 5) is 29.4. The molecule has 1 aromatic rings. The monoisotopic (exact) mass is 404 g/mol. The van der Waals surface area contributed by atoms with Crippen molar-refractivity contribution in [1.29, 1.82) is 0 Å². The molecule has 2 saturated heterocycles. The third-order valence-corrected chi connectivity index (χ3v) is 6.19. The Kier molecular flexibility index (Phi) is 9.07. The topological polar surface area (TPSA) is 96.2 Å². The molecule has 0 saturated carbocycles. The Hall–Kier alpha value is -1.96. The minimum Gasteiger partial charge on any atom is -0.412 e. The van der Waals surface area contributed by atoms with E-state index in [1.807, 2.05) is 0 Å². The second kappa shape index (κ2) is 11.3. The average molecular weight is 405 g/mol. The number of nitrogens with one attached hydrogen (secondary N) is 2. The van der Waals surface area contributed by atoms with Gasteiger partial charge in [0, 0.05) is 24.2 Å². The summed E-state index contributed by atoms with van der Waals surface area (Å²) in [6.07, 6.45) is 4.53. The van der Waals surface area contributed by atoms with Crippen molar-refractivity contribution in [3.05, 3.63) is 35.4 Å². The van der Waals surface area contributed by atoms with Gasteiger partial charge in [0.2, 0.25) is 0 Å². The summed E-state index contributed by atoms with van der Waals surface area (Å²) in [6, 6.07) is 6.98. The molecule has 0 atom stereocenters. The van der Waals surface area contributed by atoms with E-state index in [4.69, 9.17) is 0 Å². The van der Waals surface area contributed by atoms with Crippen molar-refractivity contribution in [3.8, 4) is 0 Å². The molecule has 162 valence electrons. The Morgan fingerprint density at radius 1 is 0.759 bits per heavy atom. The van der Waals surface area contributed by atoms with Gasteiger partial charge in [0.25, 0.3) is 11.8 Å². The van der Waals surface area contributed by atoms with Crippen LogP contribution >= 0.6 is 0 Å². The summed E-state index contributed by atoms with van der Waals surface area (Å²) in [5.74, 6) is 1.00. The van der Waals surface area contributed by atoms with Crippen molar-refractivity contribution in [3.63, 3.8) is 0 Å². The first-order valence-electron chi connectivity index (χ1n) is 10.5. The summed E-state index contributed by atoms with van der Waals surface area (Å²) in [5, 5.41) is 6.08. The first-order valence-corrected chi connectivity index (χ1v) is 10.5. The molecule has 0 unspecified atom stereocenters. The molecule has 2 aliphatic heterocycles. The first kappa shape index (κ1) is 23.3. The molecule has 2 amide bonds. The normalized spacial score (nSPS) is 19.4. The Morgan fingerprint density at radius 3 is 1.38 bits per heavy atom. The van der Waals surface area contributed by atoms with Crippen molar-refractivity contribution >= 4 is 11.8 Å². The van der Waals surface area contributed by atoms with Gasteiger partial charge in [0.15, 0.2) is 0 Å². The number of carbonyl (C=O) groups is 2. The minimum atomic E-state index is -0.0581. The first-order chi connectivity index (χ1) is 13.5. The fourth-order valence-electron chi connectivity index (χ4n) is 3.98. The predicted octanol–water partition coefficient (Wildman–Crippen LogP) is 1.01. The maximum absolute atomic E-state index is 12.4. The Morgan fingerprint density at radius 2 is 1.07 bits per heavy atom. The summed E-state index contributed by atoms with van der Waals surface area (Å²) in [5.41, 5.74) is 1.22. The van der Waals surface area contributed by atoms with Gasteiger partial charge in [0.05, 0.1) is 0 Å². The van der Waals surface area contributed by atoms with Crippen molar-refractivity contribution < 1.29 is 15.1 Å². The number of benzene rings is 1. The van der Waals surface area contributed by atoms with Crippen LogP contribution in [-0.2, 0) is 0 Å². The van der Waals surface area contributed by atoms with E-state index in [2.05, 4.69) is 34.5 Å². The fourth-order valence-corrected chi connectivity index (χ4v) is 3.98. The number of likely N-dealkylation sites (tertiary alicyclic amines) is 2. The van der Waals surface area contributed by atoms with Crippen molar-refractivity contribution in [2.75, 3.05) is 53.4 Å². The van der Waals surface area contributed by atoms with Gasteiger partial charge in [-0.3, -0.25) is 9.59 Å². The van der Waals surface area contributed by atoms with Crippen LogP contribution in [0.4, 0.5) is 0 Å². The van der Waals surface area contributed by atoms with E-state index in [1.165, 1.54) is 0 Å². The van der Waals surface area contributed by atoms with Crippen LogP contribution in [0.1, 0.15) is 46.4 Å². The van der Waals surface area contributed by atoms with Gasteiger partial charge in [-0.05, 0) is 102 Å². The van der Waals surface area contributed by atoms with Gasteiger partial charge in [0.1, 0.15) is 0 Å². The van der Waals surface area contributed by atoms with Crippen LogP contribution in [0.15, 0.2) is 24.3 Å². The van der Waals surface area contributed by atoms with Crippen LogP contribution in [0.25, 0.3) is 0 Å². The maximum atomic E-state index is 12.4. The zero-order valence-corrected chi connectivity index (χ0v) is 17.7. The van der Waals surface area contributed by atoms with Crippen LogP contribution in [0.3, 0.4) is 0 Å². The van der Waals surface area contributed by atoms with Gasteiger partial charge in [-0.2, -0.15) is 0 Å². The maximum Gasteiger partial charge on any atom is 0.251 e. The number of piperidine rings is 2. The molecule has 2 fully saturated rings. The summed E-state index contributed by atoms with van der Waals surface area (Å²) < 4.78 is 0. The largest absolute Gasteiger partial charge is 0.412 e. The molecule has 7 heteroatoms. The molecule has 3 rings (SSSR count). The van der Waals surface area contributed by atoms with Gasteiger partial charge < -0.3 is 25.9 Å². The number of hydrogen-bond acceptors (Lipinski definition) is 4. The zero-order valence-electron chi connectivity index (χ0n) is 17.7. The van der Waals surface area contributed by atoms with Crippen LogP contribution in [0, 0.1) is 11.8 Å². The molecule has 2 aliphatic rings. The molecule has 1 aromatic carbocycles. The third-order valence-electron chi connectivity index (χ3n) is 6.19. The number of nitrogens with zero attached hydrogens (tertiary/aromatic N) is 2. The molecule has 4 N–H and O–H groups in total. The predicted molar refractivity (Wildman–Crippen MR) is 115 cm³/mol. The molecule has 0 aliphatic carbocycles. The highest BCUT2D eigenvalue weighted by atomic mass is 16.2. The second-order valence-corrected chi connectivity index (χ2v) is 8.49. The minimum absolute atomic E-state index is 0. The van der Waals surface area contributed by atoms with E-state index in [0.717, 1.165) is 65.0 Å². The van der Waals surface area contributed by atoms with E-state index < -0.39 is 0 Å². The standard InChI is InChI=1S/C22H34N4O2.H2O/c1-25-11-7-17(8-12-25)15-23-21(27)19-3-5-20(6-4-19)22(28)24-16-18-9-13-26(2)14-10-18;/h3-6,17-18H,7-16H2,1-2H3,(H,23,27)(H,24,28);1H2. The van der Waals surface area contributed by atoms with Crippen molar-refractivity contribution in [2.24, 2.45) is 11.8 Å². The van der Waals surface area contributed by atoms with Crippen LogP contribution < -0.4 is 10.6 Å². The summed E-state index contributed by atoms with van der Waals surface area (Å²) in [6.45, 7) is 5.85. The molecule has 29 heavy (non-hydrogen) atoms. The summed E-state index contributed by atoms with van der Waals surface area (Å²) >= 11 is 0. The molecule has 0 bridgehead atoms. The number of carbonyl (C=O) groups excluding carboxylic acids is 2. The van der Waals surface area contributed by atoms with E-state index in [-0.39, 0.29) is 17.3 Å². The molecular formula is C22H36N4O3. The fraction of sp³-hybridized carbons (Fsp3) is 0.636. The molecule has 0 aromatic heterocycles. The lowest BCUT2D eigenvalue weighted by atomic mass is 9.97. The molecular weight excluding hydrogens is 368 g/mol. The molecule has 0 spiro atoms. The van der Waals surface area contributed by atoms with Crippen molar-refractivity contribution in [2.45, 2.75) is 25.7 Å². The summed E-state index contributed by atoms with van der Waals surface area (Å²) in [7, 11) is 4.28. The van der Waals surface area contributed by atoms with E-state index >= 15 is 0 Å². The average Bonchev–Trinajstić information content (AvgIpc) is 2.72. The Bertz CT molecular complexity index is 592. The highest BCUT2D eigenvalue weighted by Gasteiger charge is 2.19. The molecule has 2 heterocycles. The lowest BCUT2D eigenvalue weighted by Crippen LogP contribution is -2.37. The molecule has 7 nitrogen and oxygen atoms in total. The number of rotatable bonds is 6.